The lowest BCUT2D eigenvalue weighted by molar-refractivity contribution is 0.256. The van der Waals surface area contributed by atoms with Crippen LogP contribution in [-0.2, 0) is 10.0 Å². The van der Waals surface area contributed by atoms with Crippen molar-refractivity contribution in [2.45, 2.75) is 37.1 Å². The van der Waals surface area contributed by atoms with E-state index in [0.717, 1.165) is 41.3 Å². The molecule has 0 N–H and O–H groups in total. The maximum absolute atomic E-state index is 13.3. The molecule has 2 aromatic carbocycles. The summed E-state index contributed by atoms with van der Waals surface area (Å²) in [5.41, 5.74) is 2.96. The van der Waals surface area contributed by atoms with Gasteiger partial charge in [0.25, 0.3) is 0 Å². The zero-order valence-corrected chi connectivity index (χ0v) is 15.6. The fraction of sp³-hybridized carbons (Fsp3) is 0.286. The lowest BCUT2D eigenvalue weighted by Gasteiger charge is -2.35. The van der Waals surface area contributed by atoms with Crippen molar-refractivity contribution in [2.24, 2.45) is 0 Å². The number of aryl methyl sites for hydroxylation is 1. The minimum atomic E-state index is -3.52. The largest absolute Gasteiger partial charge is 0.256 e. The summed E-state index contributed by atoms with van der Waals surface area (Å²) in [7, 11) is -3.52. The number of pyridine rings is 1. The van der Waals surface area contributed by atoms with Crippen molar-refractivity contribution in [3.8, 4) is 0 Å². The number of benzene rings is 2. The van der Waals surface area contributed by atoms with Crippen LogP contribution in [0.1, 0.15) is 36.4 Å². The Morgan fingerprint density at radius 2 is 1.81 bits per heavy atom. The normalized spacial score (nSPS) is 18.9. The Bertz CT molecular complexity index is 1030. The molecule has 134 valence electrons. The summed E-state index contributed by atoms with van der Waals surface area (Å²) >= 11 is 0. The quantitative estimate of drug-likeness (QED) is 0.688. The highest BCUT2D eigenvalue weighted by Crippen LogP contribution is 2.36. The summed E-state index contributed by atoms with van der Waals surface area (Å²) < 4.78 is 28.2. The van der Waals surface area contributed by atoms with E-state index < -0.39 is 10.0 Å². The van der Waals surface area contributed by atoms with E-state index in [-0.39, 0.29) is 6.04 Å². The van der Waals surface area contributed by atoms with E-state index in [2.05, 4.69) is 11.1 Å². The van der Waals surface area contributed by atoms with E-state index in [1.165, 1.54) is 0 Å². The Balaban J connectivity index is 1.74. The second kappa shape index (κ2) is 6.82. The van der Waals surface area contributed by atoms with E-state index >= 15 is 0 Å². The number of sulfonamides is 1. The number of piperidine rings is 1. The Labute approximate surface area is 154 Å². The molecule has 3 aromatic rings. The van der Waals surface area contributed by atoms with Gasteiger partial charge in [-0.2, -0.15) is 4.31 Å². The smallest absolute Gasteiger partial charge is 0.243 e. The average Bonchev–Trinajstić information content (AvgIpc) is 2.68. The molecule has 0 bridgehead atoms. The van der Waals surface area contributed by atoms with Gasteiger partial charge in [0.05, 0.1) is 16.5 Å². The van der Waals surface area contributed by atoms with Crippen LogP contribution >= 0.6 is 0 Å². The molecule has 0 aliphatic carbocycles. The van der Waals surface area contributed by atoms with Gasteiger partial charge >= 0.3 is 0 Å². The zero-order valence-electron chi connectivity index (χ0n) is 14.8. The van der Waals surface area contributed by atoms with Gasteiger partial charge in [-0.15, -0.1) is 0 Å². The van der Waals surface area contributed by atoms with Gasteiger partial charge < -0.3 is 0 Å². The van der Waals surface area contributed by atoms with Crippen molar-refractivity contribution in [1.29, 1.82) is 0 Å². The van der Waals surface area contributed by atoms with Crippen LogP contribution in [0.15, 0.2) is 65.7 Å². The molecule has 2 heterocycles. The molecule has 0 amide bonds. The highest BCUT2D eigenvalue weighted by molar-refractivity contribution is 7.89. The second-order valence-corrected chi connectivity index (χ2v) is 8.79. The molecule has 1 atom stereocenters. The minimum absolute atomic E-state index is 0.160. The van der Waals surface area contributed by atoms with Crippen LogP contribution in [0.5, 0.6) is 0 Å². The maximum atomic E-state index is 13.3. The summed E-state index contributed by atoms with van der Waals surface area (Å²) in [4.78, 5) is 4.90. The molecule has 5 heteroatoms. The van der Waals surface area contributed by atoms with Crippen LogP contribution in [0.25, 0.3) is 10.9 Å². The lowest BCUT2D eigenvalue weighted by atomic mass is 9.98. The van der Waals surface area contributed by atoms with Crippen molar-refractivity contribution in [2.75, 3.05) is 6.54 Å². The molecule has 26 heavy (non-hydrogen) atoms. The fourth-order valence-electron chi connectivity index (χ4n) is 3.64. The molecule has 0 radical (unpaired) electrons. The van der Waals surface area contributed by atoms with Gasteiger partial charge in [0.1, 0.15) is 0 Å². The number of rotatable bonds is 3. The highest BCUT2D eigenvalue weighted by atomic mass is 32.2. The number of hydrogen-bond donors (Lipinski definition) is 0. The molecular weight excluding hydrogens is 344 g/mol. The third-order valence-electron chi connectivity index (χ3n) is 5.08. The molecule has 4 rings (SSSR count). The van der Waals surface area contributed by atoms with Crippen LogP contribution in [0.4, 0.5) is 0 Å². The van der Waals surface area contributed by atoms with Crippen LogP contribution in [0.2, 0.25) is 0 Å². The molecule has 1 fully saturated rings. The van der Waals surface area contributed by atoms with Gasteiger partial charge in [0.15, 0.2) is 0 Å². The second-order valence-electron chi connectivity index (χ2n) is 6.90. The molecule has 4 nitrogen and oxygen atoms in total. The van der Waals surface area contributed by atoms with Crippen molar-refractivity contribution in [3.05, 3.63) is 71.9 Å². The van der Waals surface area contributed by atoms with Gasteiger partial charge in [-0.3, -0.25) is 4.98 Å². The van der Waals surface area contributed by atoms with Crippen molar-refractivity contribution >= 4 is 20.9 Å². The third kappa shape index (κ3) is 3.13. The Hall–Kier alpha value is -2.24. The maximum Gasteiger partial charge on any atom is 0.243 e. The first-order valence-corrected chi connectivity index (χ1v) is 10.4. The summed E-state index contributed by atoms with van der Waals surface area (Å²) in [6.07, 6.45) is 4.57. The van der Waals surface area contributed by atoms with Gasteiger partial charge in [0, 0.05) is 18.1 Å². The predicted molar refractivity (Wildman–Crippen MR) is 103 cm³/mol. The van der Waals surface area contributed by atoms with E-state index in [0.29, 0.717) is 11.4 Å². The summed E-state index contributed by atoms with van der Waals surface area (Å²) in [5, 5.41) is 1.04. The number of fused-ring (bicyclic) bond motifs is 1. The predicted octanol–water partition coefficient (Wildman–Crippen LogP) is 4.46. The topological polar surface area (TPSA) is 50.3 Å². The van der Waals surface area contributed by atoms with Gasteiger partial charge in [0.2, 0.25) is 10.0 Å². The minimum Gasteiger partial charge on any atom is -0.256 e. The molecule has 0 spiro atoms. The molecular formula is C21H22N2O2S. The van der Waals surface area contributed by atoms with Crippen LogP contribution in [-0.4, -0.2) is 24.3 Å². The zero-order chi connectivity index (χ0) is 18.1. The molecule has 1 saturated heterocycles. The molecule has 1 aromatic heterocycles. The Morgan fingerprint density at radius 1 is 1.04 bits per heavy atom. The van der Waals surface area contributed by atoms with Gasteiger partial charge in [-0.25, -0.2) is 8.42 Å². The Morgan fingerprint density at radius 3 is 2.62 bits per heavy atom. The Kier molecular flexibility index (Phi) is 4.51. The van der Waals surface area contributed by atoms with Crippen LogP contribution < -0.4 is 0 Å². The molecule has 1 unspecified atom stereocenters. The lowest BCUT2D eigenvalue weighted by Crippen LogP contribution is -2.38. The molecule has 1 aliphatic heterocycles. The summed E-state index contributed by atoms with van der Waals surface area (Å²) in [5.74, 6) is 0. The average molecular weight is 366 g/mol. The van der Waals surface area contributed by atoms with Gasteiger partial charge in [-0.05, 0) is 49.6 Å². The first-order chi connectivity index (χ1) is 12.6. The van der Waals surface area contributed by atoms with E-state index in [4.69, 9.17) is 0 Å². The van der Waals surface area contributed by atoms with Crippen molar-refractivity contribution in [3.63, 3.8) is 0 Å². The summed E-state index contributed by atoms with van der Waals surface area (Å²) in [6.45, 7) is 2.51. The van der Waals surface area contributed by atoms with E-state index in [1.807, 2.05) is 49.5 Å². The number of nitrogens with zero attached hydrogens (tertiary/aromatic N) is 2. The van der Waals surface area contributed by atoms with Crippen molar-refractivity contribution in [1.82, 2.24) is 9.29 Å². The molecule has 0 saturated carbocycles. The standard InChI is InChI=1S/C21H22N2O2S/c1-16-9-11-19(12-10-16)26(24,25)23-13-5-4-8-21(23)18-14-17-6-2-3-7-20(17)22-15-18/h2-3,6-7,9-12,14-15,21H,4-5,8,13H2,1H3. The fourth-order valence-corrected chi connectivity index (χ4v) is 5.32. The van der Waals surface area contributed by atoms with E-state index in [9.17, 15) is 8.42 Å². The number of aromatic nitrogens is 1. The first-order valence-electron chi connectivity index (χ1n) is 8.99. The van der Waals surface area contributed by atoms with Gasteiger partial charge in [-0.1, -0.05) is 42.3 Å². The SMILES string of the molecule is Cc1ccc(S(=O)(=O)N2CCCCC2c2cnc3ccccc3c2)cc1. The first kappa shape index (κ1) is 17.2. The third-order valence-corrected chi connectivity index (χ3v) is 7.00. The number of hydrogen-bond acceptors (Lipinski definition) is 3. The monoisotopic (exact) mass is 366 g/mol. The van der Waals surface area contributed by atoms with E-state index in [1.54, 1.807) is 16.4 Å². The highest BCUT2D eigenvalue weighted by Gasteiger charge is 2.34. The molecule has 1 aliphatic rings. The van der Waals surface area contributed by atoms with Crippen LogP contribution in [0.3, 0.4) is 0 Å². The summed E-state index contributed by atoms with van der Waals surface area (Å²) in [6, 6.07) is 17.0. The van der Waals surface area contributed by atoms with Crippen molar-refractivity contribution < 1.29 is 8.42 Å². The van der Waals surface area contributed by atoms with Crippen LogP contribution in [0, 0.1) is 6.92 Å². The number of para-hydroxylation sites is 1.